The van der Waals surface area contributed by atoms with Crippen molar-refractivity contribution in [1.82, 2.24) is 4.90 Å². The molecule has 1 aromatic rings. The summed E-state index contributed by atoms with van der Waals surface area (Å²) in [6.45, 7) is 0.602. The Balaban J connectivity index is 1.61. The van der Waals surface area contributed by atoms with Crippen LogP contribution in [0.1, 0.15) is 31.2 Å². The molecule has 29 heavy (non-hydrogen) atoms. The summed E-state index contributed by atoms with van der Waals surface area (Å²) in [6, 6.07) is 7.25. The standard InChI is InChI=1S/C20H26N4O4S/c1-27-15-8-6-13(7-9-15)11-24-18(25)10-14-12-29-17(19(14)24)5-3-4-16(22-23-21)20(26)28-2/h6-9,14,16-17,19H,3-5,10-12H2,1-2H3. The van der Waals surface area contributed by atoms with Gasteiger partial charge in [-0.1, -0.05) is 23.7 Å². The van der Waals surface area contributed by atoms with E-state index < -0.39 is 12.0 Å². The zero-order chi connectivity index (χ0) is 20.8. The Bertz CT molecular complexity index is 781. The molecule has 2 aliphatic rings. The monoisotopic (exact) mass is 418 g/mol. The molecule has 8 nitrogen and oxygen atoms in total. The van der Waals surface area contributed by atoms with Gasteiger partial charge in [-0.05, 0) is 47.7 Å². The van der Waals surface area contributed by atoms with E-state index in [9.17, 15) is 9.59 Å². The fourth-order valence-electron chi connectivity index (χ4n) is 4.20. The van der Waals surface area contributed by atoms with Crippen LogP contribution in [-0.4, -0.2) is 54.1 Å². The highest BCUT2D eigenvalue weighted by molar-refractivity contribution is 8.00. The van der Waals surface area contributed by atoms with Crippen molar-refractivity contribution in [3.05, 3.63) is 40.3 Å². The molecule has 0 aromatic heterocycles. The summed E-state index contributed by atoms with van der Waals surface area (Å²) in [4.78, 5) is 29.1. The molecule has 0 bridgehead atoms. The maximum atomic E-state index is 12.6. The molecule has 0 radical (unpaired) electrons. The second kappa shape index (κ2) is 9.89. The summed E-state index contributed by atoms with van der Waals surface area (Å²) in [5, 5.41) is 3.87. The van der Waals surface area contributed by atoms with Crippen LogP contribution in [0.3, 0.4) is 0 Å². The number of ether oxygens (including phenoxy) is 2. The Labute approximate surface area is 174 Å². The second-order valence-electron chi connectivity index (χ2n) is 7.37. The number of methoxy groups -OCH3 is 2. The van der Waals surface area contributed by atoms with Gasteiger partial charge in [0, 0.05) is 29.2 Å². The lowest BCUT2D eigenvalue weighted by Crippen LogP contribution is -2.39. The van der Waals surface area contributed by atoms with Crippen LogP contribution >= 0.6 is 11.8 Å². The predicted octanol–water partition coefficient (Wildman–Crippen LogP) is 3.55. The molecule has 0 saturated carbocycles. The van der Waals surface area contributed by atoms with Crippen molar-refractivity contribution < 1.29 is 19.1 Å². The average Bonchev–Trinajstić information content (AvgIpc) is 3.26. The quantitative estimate of drug-likeness (QED) is 0.264. The minimum absolute atomic E-state index is 0.211. The van der Waals surface area contributed by atoms with E-state index in [-0.39, 0.29) is 11.9 Å². The van der Waals surface area contributed by atoms with Crippen LogP contribution in [0.4, 0.5) is 0 Å². The summed E-state index contributed by atoms with van der Waals surface area (Å²) in [5.74, 6) is 1.87. The number of likely N-dealkylation sites (tertiary alicyclic amines) is 1. The van der Waals surface area contributed by atoms with E-state index in [2.05, 4.69) is 10.0 Å². The van der Waals surface area contributed by atoms with E-state index in [1.807, 2.05) is 40.9 Å². The van der Waals surface area contributed by atoms with Crippen molar-refractivity contribution in [3.8, 4) is 5.75 Å². The van der Waals surface area contributed by atoms with Crippen molar-refractivity contribution >= 4 is 23.6 Å². The van der Waals surface area contributed by atoms with Gasteiger partial charge in [-0.15, -0.1) is 0 Å². The maximum absolute atomic E-state index is 12.6. The summed E-state index contributed by atoms with van der Waals surface area (Å²) >= 11 is 1.90. The molecule has 156 valence electrons. The molecule has 2 aliphatic heterocycles. The van der Waals surface area contributed by atoms with E-state index in [0.29, 0.717) is 30.6 Å². The highest BCUT2D eigenvalue weighted by atomic mass is 32.2. The molecular formula is C20H26N4O4S. The van der Waals surface area contributed by atoms with Crippen LogP contribution in [-0.2, 0) is 20.9 Å². The number of fused-ring (bicyclic) bond motifs is 1. The first-order valence-electron chi connectivity index (χ1n) is 9.73. The molecule has 0 spiro atoms. The Morgan fingerprint density at radius 2 is 2.14 bits per heavy atom. The first-order valence-corrected chi connectivity index (χ1v) is 10.8. The Morgan fingerprint density at radius 1 is 1.38 bits per heavy atom. The number of carbonyl (C=O) groups is 2. The Hall–Kier alpha value is -2.38. The molecule has 3 rings (SSSR count). The number of azide groups is 1. The van der Waals surface area contributed by atoms with Crippen LogP contribution in [0, 0.1) is 5.92 Å². The molecular weight excluding hydrogens is 392 g/mol. The van der Waals surface area contributed by atoms with Crippen molar-refractivity contribution in [2.24, 2.45) is 11.0 Å². The maximum Gasteiger partial charge on any atom is 0.314 e. The number of carbonyl (C=O) groups excluding carboxylic acids is 2. The summed E-state index contributed by atoms with van der Waals surface area (Å²) < 4.78 is 9.91. The number of hydrogen-bond acceptors (Lipinski definition) is 6. The molecule has 2 saturated heterocycles. The van der Waals surface area contributed by atoms with E-state index in [1.165, 1.54) is 7.11 Å². The Kier molecular flexibility index (Phi) is 7.28. The fraction of sp³-hybridized carbons (Fsp3) is 0.600. The van der Waals surface area contributed by atoms with Crippen molar-refractivity contribution in [3.63, 3.8) is 0 Å². The molecule has 0 aliphatic carbocycles. The minimum atomic E-state index is -0.784. The van der Waals surface area contributed by atoms with E-state index in [0.717, 1.165) is 29.9 Å². The molecule has 1 amide bonds. The number of hydrogen-bond donors (Lipinski definition) is 0. The number of nitrogens with zero attached hydrogens (tertiary/aromatic N) is 4. The van der Waals surface area contributed by atoms with Gasteiger partial charge in [-0.25, -0.2) is 0 Å². The molecule has 2 fully saturated rings. The highest BCUT2D eigenvalue weighted by Crippen LogP contribution is 2.44. The normalized spacial score (nSPS) is 24.0. The third-order valence-electron chi connectivity index (χ3n) is 5.65. The molecule has 4 unspecified atom stereocenters. The lowest BCUT2D eigenvalue weighted by Gasteiger charge is -2.29. The fourth-order valence-corrected chi connectivity index (χ4v) is 5.91. The second-order valence-corrected chi connectivity index (χ2v) is 8.64. The van der Waals surface area contributed by atoms with Crippen molar-refractivity contribution in [2.75, 3.05) is 20.0 Å². The highest BCUT2D eigenvalue weighted by Gasteiger charge is 2.48. The summed E-state index contributed by atoms with van der Waals surface area (Å²) in [5.41, 5.74) is 9.73. The van der Waals surface area contributed by atoms with Gasteiger partial charge < -0.3 is 14.4 Å². The third kappa shape index (κ3) is 4.97. The Morgan fingerprint density at radius 3 is 2.79 bits per heavy atom. The average molecular weight is 419 g/mol. The minimum Gasteiger partial charge on any atom is -0.497 e. The van der Waals surface area contributed by atoms with E-state index in [4.69, 9.17) is 15.0 Å². The van der Waals surface area contributed by atoms with Gasteiger partial charge in [0.05, 0.1) is 14.2 Å². The third-order valence-corrected chi connectivity index (χ3v) is 7.21. The van der Waals surface area contributed by atoms with E-state index in [1.54, 1.807) is 7.11 Å². The SMILES string of the molecule is COC(=O)C(CCCC1SCC2CC(=O)N(Cc3ccc(OC)cc3)C21)N=[N+]=[N-]. The zero-order valence-electron chi connectivity index (χ0n) is 16.7. The van der Waals surface area contributed by atoms with Gasteiger partial charge in [-0.3, -0.25) is 9.59 Å². The topological polar surface area (TPSA) is 105 Å². The first kappa shape index (κ1) is 21.3. The largest absolute Gasteiger partial charge is 0.497 e. The molecule has 9 heteroatoms. The van der Waals surface area contributed by atoms with Crippen LogP contribution in [0.5, 0.6) is 5.75 Å². The molecule has 0 N–H and O–H groups in total. The molecule has 4 atom stereocenters. The van der Waals surface area contributed by atoms with Gasteiger partial charge in [0.1, 0.15) is 11.8 Å². The summed E-state index contributed by atoms with van der Waals surface area (Å²) in [7, 11) is 2.93. The lowest BCUT2D eigenvalue weighted by molar-refractivity contribution is -0.142. The van der Waals surface area contributed by atoms with Crippen LogP contribution in [0.15, 0.2) is 29.4 Å². The smallest absolute Gasteiger partial charge is 0.314 e. The van der Waals surface area contributed by atoms with Crippen molar-refractivity contribution in [1.29, 1.82) is 0 Å². The zero-order valence-corrected chi connectivity index (χ0v) is 17.5. The van der Waals surface area contributed by atoms with Gasteiger partial charge >= 0.3 is 5.97 Å². The first-order chi connectivity index (χ1) is 14.1. The molecule has 2 heterocycles. The number of benzene rings is 1. The number of amides is 1. The van der Waals surface area contributed by atoms with Gasteiger partial charge in [0.2, 0.25) is 5.91 Å². The van der Waals surface area contributed by atoms with E-state index >= 15 is 0 Å². The molecule has 1 aromatic carbocycles. The van der Waals surface area contributed by atoms with Crippen LogP contribution < -0.4 is 4.74 Å². The number of thioether (sulfide) groups is 1. The number of rotatable bonds is 9. The van der Waals surface area contributed by atoms with Gasteiger partial charge in [0.25, 0.3) is 0 Å². The number of esters is 1. The predicted molar refractivity (Wildman–Crippen MR) is 110 cm³/mol. The van der Waals surface area contributed by atoms with Gasteiger partial charge in [-0.2, -0.15) is 11.8 Å². The van der Waals surface area contributed by atoms with Crippen LogP contribution in [0.2, 0.25) is 0 Å². The van der Waals surface area contributed by atoms with Crippen LogP contribution in [0.25, 0.3) is 10.4 Å². The van der Waals surface area contributed by atoms with Crippen molar-refractivity contribution in [2.45, 2.75) is 49.6 Å². The summed E-state index contributed by atoms with van der Waals surface area (Å²) in [6.07, 6.45) is 2.67. The lowest BCUT2D eigenvalue weighted by atomic mass is 9.96. The van der Waals surface area contributed by atoms with Gasteiger partial charge in [0.15, 0.2) is 0 Å².